The van der Waals surface area contributed by atoms with E-state index in [1.165, 1.54) is 6.07 Å². The molecular formula is C16H25N3O4S. The molecule has 7 nitrogen and oxygen atoms in total. The third-order valence-electron chi connectivity index (χ3n) is 4.48. The van der Waals surface area contributed by atoms with Crippen LogP contribution in [0.15, 0.2) is 23.1 Å². The molecule has 1 fully saturated rings. The fourth-order valence-corrected chi connectivity index (χ4v) is 3.94. The van der Waals surface area contributed by atoms with Crippen molar-refractivity contribution in [2.75, 3.05) is 32.1 Å². The Kier molecular flexibility index (Phi) is 5.97. The van der Waals surface area contributed by atoms with Gasteiger partial charge < -0.3 is 15.4 Å². The highest BCUT2D eigenvalue weighted by molar-refractivity contribution is 7.89. The maximum atomic E-state index is 12.8. The van der Waals surface area contributed by atoms with Crippen molar-refractivity contribution in [3.63, 3.8) is 0 Å². The lowest BCUT2D eigenvalue weighted by molar-refractivity contribution is -0.130. The molecule has 0 aromatic heterocycles. The summed E-state index contributed by atoms with van der Waals surface area (Å²) < 4.78 is 28.8. The number of hydrogen-bond donors (Lipinski definition) is 3. The molecule has 0 radical (unpaired) electrons. The van der Waals surface area contributed by atoms with Crippen LogP contribution in [0.5, 0.6) is 0 Å². The minimum atomic E-state index is -3.84. The van der Waals surface area contributed by atoms with E-state index in [4.69, 9.17) is 9.88 Å². The number of amides is 1. The third kappa shape index (κ3) is 4.13. The van der Waals surface area contributed by atoms with Gasteiger partial charge in [-0.3, -0.25) is 4.79 Å². The number of anilines is 1. The van der Waals surface area contributed by atoms with Gasteiger partial charge in [0.15, 0.2) is 0 Å². The molecule has 24 heavy (non-hydrogen) atoms. The second-order valence-electron chi connectivity index (χ2n) is 6.14. The Labute approximate surface area is 143 Å². The van der Waals surface area contributed by atoms with Crippen LogP contribution in [0.3, 0.4) is 0 Å². The molecule has 0 aliphatic carbocycles. The fourth-order valence-electron chi connectivity index (χ4n) is 3.07. The van der Waals surface area contributed by atoms with E-state index in [1.807, 2.05) is 6.92 Å². The van der Waals surface area contributed by atoms with Crippen LogP contribution in [0.25, 0.3) is 0 Å². The molecule has 0 atom stereocenters. The van der Waals surface area contributed by atoms with Crippen LogP contribution >= 0.6 is 0 Å². The highest BCUT2D eigenvalue weighted by Gasteiger charge is 2.39. The minimum absolute atomic E-state index is 0.0499. The molecule has 1 aromatic rings. The van der Waals surface area contributed by atoms with Crippen LogP contribution in [0.1, 0.15) is 25.3 Å². The van der Waals surface area contributed by atoms with E-state index >= 15 is 0 Å². The van der Waals surface area contributed by atoms with Crippen LogP contribution < -0.4 is 15.8 Å². The van der Waals surface area contributed by atoms with Gasteiger partial charge in [0.2, 0.25) is 15.9 Å². The van der Waals surface area contributed by atoms with Crippen molar-refractivity contribution >= 4 is 21.6 Å². The average molecular weight is 355 g/mol. The lowest BCUT2D eigenvalue weighted by atomic mass is 9.78. The summed E-state index contributed by atoms with van der Waals surface area (Å²) in [6.45, 7) is 3.67. The first-order valence-corrected chi connectivity index (χ1v) is 9.54. The molecule has 2 rings (SSSR count). The number of ether oxygens (including phenoxy) is 1. The van der Waals surface area contributed by atoms with E-state index in [2.05, 4.69) is 10.6 Å². The van der Waals surface area contributed by atoms with Gasteiger partial charge in [-0.05, 0) is 50.0 Å². The van der Waals surface area contributed by atoms with E-state index in [0.29, 0.717) is 37.1 Å². The maximum Gasteiger partial charge on any atom is 0.238 e. The second kappa shape index (κ2) is 7.60. The molecule has 0 spiro atoms. The van der Waals surface area contributed by atoms with Crippen molar-refractivity contribution in [3.8, 4) is 0 Å². The summed E-state index contributed by atoms with van der Waals surface area (Å²) >= 11 is 0. The van der Waals surface area contributed by atoms with E-state index in [-0.39, 0.29) is 10.8 Å². The minimum Gasteiger partial charge on any atom is -0.384 e. The zero-order valence-corrected chi connectivity index (χ0v) is 14.9. The number of benzene rings is 1. The van der Waals surface area contributed by atoms with Gasteiger partial charge in [-0.2, -0.15) is 0 Å². The third-order valence-corrected chi connectivity index (χ3v) is 5.47. The Morgan fingerprint density at radius 1 is 1.38 bits per heavy atom. The highest BCUT2D eigenvalue weighted by Crippen LogP contribution is 2.31. The van der Waals surface area contributed by atoms with E-state index in [9.17, 15) is 13.2 Å². The molecular weight excluding hydrogens is 330 g/mol. The Bertz CT molecular complexity index is 692. The molecule has 1 heterocycles. The van der Waals surface area contributed by atoms with Gasteiger partial charge in [0.1, 0.15) is 0 Å². The van der Waals surface area contributed by atoms with Gasteiger partial charge in [0, 0.05) is 12.8 Å². The zero-order chi connectivity index (χ0) is 17.8. The zero-order valence-electron chi connectivity index (χ0n) is 14.1. The average Bonchev–Trinajstić information content (AvgIpc) is 2.55. The molecule has 4 N–H and O–H groups in total. The van der Waals surface area contributed by atoms with E-state index in [0.717, 1.165) is 13.1 Å². The SMILES string of the molecule is CCc1ccc(NC(=O)C2(COC)CCNCC2)cc1S(N)(=O)=O. The van der Waals surface area contributed by atoms with Crippen molar-refractivity contribution in [1.29, 1.82) is 0 Å². The Morgan fingerprint density at radius 3 is 2.58 bits per heavy atom. The first-order valence-electron chi connectivity index (χ1n) is 7.99. The molecule has 1 aromatic carbocycles. The van der Waals surface area contributed by atoms with Crippen molar-refractivity contribution < 1.29 is 17.9 Å². The van der Waals surface area contributed by atoms with Crippen LogP contribution in [0.2, 0.25) is 0 Å². The Morgan fingerprint density at radius 2 is 2.04 bits per heavy atom. The van der Waals surface area contributed by atoms with Crippen molar-refractivity contribution in [2.45, 2.75) is 31.1 Å². The summed E-state index contributed by atoms with van der Waals surface area (Å²) in [4.78, 5) is 12.8. The van der Waals surface area contributed by atoms with Crippen LogP contribution in [0.4, 0.5) is 5.69 Å². The Hall–Kier alpha value is -1.48. The monoisotopic (exact) mass is 355 g/mol. The maximum absolute atomic E-state index is 12.8. The number of sulfonamides is 1. The van der Waals surface area contributed by atoms with Crippen molar-refractivity contribution in [1.82, 2.24) is 5.32 Å². The van der Waals surface area contributed by atoms with Crippen molar-refractivity contribution in [3.05, 3.63) is 23.8 Å². The molecule has 0 saturated carbocycles. The topological polar surface area (TPSA) is 111 Å². The standard InChI is InChI=1S/C16H25N3O4S/c1-3-12-4-5-13(10-14(12)24(17,21)22)19-15(20)16(11-23-2)6-8-18-9-7-16/h4-5,10,18H,3,6-9,11H2,1-2H3,(H,19,20)(H2,17,21,22). The Balaban J connectivity index is 2.28. The number of nitrogens with two attached hydrogens (primary N) is 1. The van der Waals surface area contributed by atoms with E-state index in [1.54, 1.807) is 19.2 Å². The van der Waals surface area contributed by atoms with Gasteiger partial charge in [0.25, 0.3) is 0 Å². The normalized spacial score (nSPS) is 17.5. The van der Waals surface area contributed by atoms with Gasteiger partial charge in [-0.15, -0.1) is 0 Å². The van der Waals surface area contributed by atoms with Crippen molar-refractivity contribution in [2.24, 2.45) is 10.6 Å². The number of hydrogen-bond acceptors (Lipinski definition) is 5. The number of carbonyl (C=O) groups is 1. The number of primary sulfonamides is 1. The molecule has 0 unspecified atom stereocenters. The number of rotatable bonds is 6. The predicted octanol–water partition coefficient (Wildman–Crippen LogP) is 0.851. The predicted molar refractivity (Wildman–Crippen MR) is 92.2 cm³/mol. The number of piperidine rings is 1. The first-order chi connectivity index (χ1) is 11.3. The van der Waals surface area contributed by atoms with Gasteiger partial charge >= 0.3 is 0 Å². The second-order valence-corrected chi connectivity index (χ2v) is 7.67. The summed E-state index contributed by atoms with van der Waals surface area (Å²) in [5.41, 5.74) is 0.449. The van der Waals surface area contributed by atoms with E-state index < -0.39 is 15.4 Å². The summed E-state index contributed by atoms with van der Waals surface area (Å²) in [6, 6.07) is 4.81. The molecule has 1 aliphatic rings. The summed E-state index contributed by atoms with van der Waals surface area (Å²) in [5.74, 6) is -0.157. The lowest BCUT2D eigenvalue weighted by Gasteiger charge is -2.35. The molecule has 8 heteroatoms. The largest absolute Gasteiger partial charge is 0.384 e. The number of methoxy groups -OCH3 is 1. The van der Waals surface area contributed by atoms with Crippen LogP contribution in [-0.4, -0.2) is 41.1 Å². The summed E-state index contributed by atoms with van der Waals surface area (Å²) in [7, 11) is -2.26. The van der Waals surface area contributed by atoms with Crippen LogP contribution in [-0.2, 0) is 26.0 Å². The summed E-state index contributed by atoms with van der Waals surface area (Å²) in [5, 5.41) is 11.3. The van der Waals surface area contributed by atoms with Gasteiger partial charge in [-0.1, -0.05) is 13.0 Å². The molecule has 1 saturated heterocycles. The number of carbonyl (C=O) groups excluding carboxylic acids is 1. The first kappa shape index (κ1) is 18.9. The van der Waals surface area contributed by atoms with Crippen LogP contribution in [0, 0.1) is 5.41 Å². The quantitative estimate of drug-likeness (QED) is 0.701. The molecule has 1 aliphatic heterocycles. The molecule has 134 valence electrons. The molecule has 1 amide bonds. The van der Waals surface area contributed by atoms with Gasteiger partial charge in [-0.25, -0.2) is 13.6 Å². The fraction of sp³-hybridized carbons (Fsp3) is 0.562. The molecule has 0 bridgehead atoms. The summed E-state index contributed by atoms with van der Waals surface area (Å²) in [6.07, 6.45) is 1.88. The van der Waals surface area contributed by atoms with Gasteiger partial charge in [0.05, 0.1) is 16.9 Å². The number of aryl methyl sites for hydroxylation is 1. The highest BCUT2D eigenvalue weighted by atomic mass is 32.2. The lowest BCUT2D eigenvalue weighted by Crippen LogP contribution is -2.47. The number of nitrogens with one attached hydrogen (secondary N) is 2. The smallest absolute Gasteiger partial charge is 0.238 e.